The summed E-state index contributed by atoms with van der Waals surface area (Å²) in [6, 6.07) is 3.82. The molecule has 2 rings (SSSR count). The maximum absolute atomic E-state index is 12.1. The third kappa shape index (κ3) is 2.25. The molecule has 88 valence electrons. The second-order valence-corrected chi connectivity index (χ2v) is 4.69. The maximum Gasteiger partial charge on any atom is 0.289 e. The van der Waals surface area contributed by atoms with Crippen LogP contribution in [0.1, 0.15) is 17.5 Å². The van der Waals surface area contributed by atoms with Crippen LogP contribution in [0.5, 0.6) is 0 Å². The Kier molecular flexibility index (Phi) is 3.56. The van der Waals surface area contributed by atoms with Crippen LogP contribution >= 0.6 is 11.8 Å². The molecule has 2 heterocycles. The molecule has 5 heteroatoms. The van der Waals surface area contributed by atoms with Gasteiger partial charge in [-0.2, -0.15) is 0 Å². The fraction of sp³-hybridized carbons (Fsp3) is 0.545. The van der Waals surface area contributed by atoms with Crippen molar-refractivity contribution in [1.29, 1.82) is 0 Å². The van der Waals surface area contributed by atoms with Crippen molar-refractivity contribution in [3.05, 3.63) is 17.9 Å². The molecule has 16 heavy (non-hydrogen) atoms. The molecule has 1 amide bonds. The molecular weight excluding hydrogens is 224 g/mol. The van der Waals surface area contributed by atoms with Crippen LogP contribution in [0, 0.1) is 0 Å². The summed E-state index contributed by atoms with van der Waals surface area (Å²) in [5, 5.41) is 4.04. The van der Waals surface area contributed by atoms with Crippen LogP contribution < -0.4 is 5.32 Å². The van der Waals surface area contributed by atoms with E-state index in [1.807, 2.05) is 24.1 Å². The first-order valence-electron chi connectivity index (χ1n) is 5.38. The maximum atomic E-state index is 12.1. The van der Waals surface area contributed by atoms with E-state index < -0.39 is 0 Å². The van der Waals surface area contributed by atoms with Crippen molar-refractivity contribution in [2.24, 2.45) is 0 Å². The molecule has 1 saturated heterocycles. The predicted octanol–water partition coefficient (Wildman–Crippen LogP) is 1.44. The first-order valence-corrected chi connectivity index (χ1v) is 6.60. The summed E-state index contributed by atoms with van der Waals surface area (Å²) in [6.07, 6.45) is 1.93. The highest BCUT2D eigenvalue weighted by molar-refractivity contribution is 7.98. The molecule has 1 aromatic heterocycles. The number of thioether (sulfide) groups is 1. The second kappa shape index (κ2) is 4.93. The number of rotatable bonds is 2. The number of hydrogen-bond acceptors (Lipinski definition) is 4. The minimum absolute atomic E-state index is 0.00528. The van der Waals surface area contributed by atoms with Crippen molar-refractivity contribution in [3.63, 3.8) is 0 Å². The highest BCUT2D eigenvalue weighted by atomic mass is 32.2. The van der Waals surface area contributed by atoms with Gasteiger partial charge in [-0.1, -0.05) is 11.8 Å². The molecule has 0 saturated carbocycles. The van der Waals surface area contributed by atoms with Crippen LogP contribution in [0.4, 0.5) is 0 Å². The molecule has 1 unspecified atom stereocenters. The van der Waals surface area contributed by atoms with Gasteiger partial charge in [0, 0.05) is 25.7 Å². The van der Waals surface area contributed by atoms with Crippen LogP contribution in [-0.4, -0.2) is 42.7 Å². The number of amides is 1. The summed E-state index contributed by atoms with van der Waals surface area (Å²) in [7, 11) is 0. The average Bonchev–Trinajstić information content (AvgIpc) is 2.77. The second-order valence-electron chi connectivity index (χ2n) is 3.87. The minimum Gasteiger partial charge on any atom is -0.445 e. The van der Waals surface area contributed by atoms with E-state index in [1.165, 1.54) is 11.8 Å². The number of piperazine rings is 1. The zero-order chi connectivity index (χ0) is 11.5. The van der Waals surface area contributed by atoms with E-state index in [1.54, 1.807) is 6.07 Å². The lowest BCUT2D eigenvalue weighted by Gasteiger charge is -2.33. The van der Waals surface area contributed by atoms with Crippen molar-refractivity contribution in [2.75, 3.05) is 25.9 Å². The van der Waals surface area contributed by atoms with Gasteiger partial charge in [-0.05, 0) is 25.3 Å². The van der Waals surface area contributed by atoms with Gasteiger partial charge in [0.05, 0.1) is 0 Å². The van der Waals surface area contributed by atoms with Gasteiger partial charge >= 0.3 is 0 Å². The summed E-state index contributed by atoms with van der Waals surface area (Å²) >= 11 is 1.50. The van der Waals surface area contributed by atoms with Gasteiger partial charge < -0.3 is 14.6 Å². The Bertz CT molecular complexity index is 378. The largest absolute Gasteiger partial charge is 0.445 e. The molecule has 1 fully saturated rings. The van der Waals surface area contributed by atoms with E-state index in [0.717, 1.165) is 24.7 Å². The minimum atomic E-state index is -0.00528. The van der Waals surface area contributed by atoms with Crippen molar-refractivity contribution in [1.82, 2.24) is 10.2 Å². The molecule has 1 atom stereocenters. The Balaban J connectivity index is 2.11. The third-order valence-corrected chi connectivity index (χ3v) is 3.38. The molecule has 0 aliphatic carbocycles. The number of nitrogens with one attached hydrogen (secondary N) is 1. The van der Waals surface area contributed by atoms with Crippen LogP contribution in [0.15, 0.2) is 21.6 Å². The summed E-state index contributed by atoms with van der Waals surface area (Å²) < 4.78 is 5.45. The van der Waals surface area contributed by atoms with E-state index in [2.05, 4.69) is 5.32 Å². The van der Waals surface area contributed by atoms with Crippen molar-refractivity contribution < 1.29 is 9.21 Å². The van der Waals surface area contributed by atoms with E-state index in [0.29, 0.717) is 5.76 Å². The molecule has 0 radical (unpaired) electrons. The van der Waals surface area contributed by atoms with Crippen LogP contribution in [0.2, 0.25) is 0 Å². The molecule has 1 N–H and O–H groups in total. The Labute approximate surface area is 99.4 Å². The quantitative estimate of drug-likeness (QED) is 0.794. The SMILES string of the molecule is CSc1ccc(C(=O)N2CCNCC2C)o1. The summed E-state index contributed by atoms with van der Waals surface area (Å²) in [5.74, 6) is 0.437. The number of furan rings is 1. The van der Waals surface area contributed by atoms with E-state index >= 15 is 0 Å². The lowest BCUT2D eigenvalue weighted by Crippen LogP contribution is -2.52. The van der Waals surface area contributed by atoms with Gasteiger partial charge in [0.25, 0.3) is 5.91 Å². The fourth-order valence-corrected chi connectivity index (χ4v) is 2.21. The highest BCUT2D eigenvalue weighted by Crippen LogP contribution is 2.20. The average molecular weight is 240 g/mol. The first-order chi connectivity index (χ1) is 7.72. The monoisotopic (exact) mass is 240 g/mol. The molecule has 0 spiro atoms. The number of carbonyl (C=O) groups excluding carboxylic acids is 1. The third-order valence-electron chi connectivity index (χ3n) is 2.76. The molecule has 1 aliphatic heterocycles. The Morgan fingerprint density at radius 3 is 3.06 bits per heavy atom. The van der Waals surface area contributed by atoms with Gasteiger partial charge in [0.1, 0.15) is 0 Å². The van der Waals surface area contributed by atoms with E-state index in [-0.39, 0.29) is 11.9 Å². The zero-order valence-electron chi connectivity index (χ0n) is 9.53. The standard InChI is InChI=1S/C11H16N2O2S/c1-8-7-12-5-6-13(8)11(14)9-3-4-10(15-9)16-2/h3-4,8,12H,5-7H2,1-2H3. The summed E-state index contributed by atoms with van der Waals surface area (Å²) in [6.45, 7) is 4.49. The Morgan fingerprint density at radius 1 is 1.62 bits per heavy atom. The van der Waals surface area contributed by atoms with Gasteiger partial charge in [-0.15, -0.1) is 0 Å². The Morgan fingerprint density at radius 2 is 2.44 bits per heavy atom. The molecular formula is C11H16N2O2S. The molecule has 4 nitrogen and oxygen atoms in total. The van der Waals surface area contributed by atoms with Gasteiger partial charge in [0.2, 0.25) is 0 Å². The lowest BCUT2D eigenvalue weighted by molar-refractivity contribution is 0.0618. The lowest BCUT2D eigenvalue weighted by atomic mass is 10.2. The number of nitrogens with zero attached hydrogens (tertiary/aromatic N) is 1. The summed E-state index contributed by atoms with van der Waals surface area (Å²) in [5.41, 5.74) is 0. The Hall–Kier alpha value is -0.940. The zero-order valence-corrected chi connectivity index (χ0v) is 10.3. The number of carbonyl (C=O) groups is 1. The number of hydrogen-bond donors (Lipinski definition) is 1. The first kappa shape index (κ1) is 11.5. The van der Waals surface area contributed by atoms with Gasteiger partial charge in [-0.3, -0.25) is 4.79 Å². The van der Waals surface area contributed by atoms with Gasteiger partial charge in [0.15, 0.2) is 10.9 Å². The van der Waals surface area contributed by atoms with Crippen molar-refractivity contribution in [2.45, 2.75) is 18.1 Å². The van der Waals surface area contributed by atoms with Crippen LogP contribution in [-0.2, 0) is 0 Å². The fourth-order valence-electron chi connectivity index (χ4n) is 1.83. The topological polar surface area (TPSA) is 45.5 Å². The van der Waals surface area contributed by atoms with Crippen molar-refractivity contribution >= 4 is 17.7 Å². The van der Waals surface area contributed by atoms with E-state index in [4.69, 9.17) is 4.42 Å². The van der Waals surface area contributed by atoms with Gasteiger partial charge in [-0.25, -0.2) is 0 Å². The molecule has 1 aliphatic rings. The molecule has 0 bridgehead atoms. The van der Waals surface area contributed by atoms with Crippen LogP contribution in [0.25, 0.3) is 0 Å². The predicted molar refractivity (Wildman–Crippen MR) is 63.9 cm³/mol. The highest BCUT2D eigenvalue weighted by Gasteiger charge is 2.25. The molecule has 1 aromatic rings. The van der Waals surface area contributed by atoms with E-state index in [9.17, 15) is 4.79 Å². The summed E-state index contributed by atoms with van der Waals surface area (Å²) in [4.78, 5) is 14.0. The normalized spacial score (nSPS) is 21.1. The smallest absolute Gasteiger partial charge is 0.289 e. The van der Waals surface area contributed by atoms with Crippen molar-refractivity contribution in [3.8, 4) is 0 Å². The molecule has 0 aromatic carbocycles. The van der Waals surface area contributed by atoms with Crippen LogP contribution in [0.3, 0.4) is 0 Å².